The van der Waals surface area contributed by atoms with Gasteiger partial charge in [0.2, 0.25) is 0 Å². The Kier molecular flexibility index (Phi) is 3.95. The van der Waals surface area contributed by atoms with Crippen LogP contribution in [0.15, 0.2) is 29.3 Å². The zero-order valence-electron chi connectivity index (χ0n) is 7.54. The molecular formula is C8H4O4S4. The summed E-state index contributed by atoms with van der Waals surface area (Å²) in [5, 5.41) is 12.6. The first-order valence-corrected chi connectivity index (χ1v) is 7.27. The molecular weight excluding hydrogens is 288 g/mol. The van der Waals surface area contributed by atoms with Crippen LogP contribution in [-0.2, 0) is 14.3 Å². The maximum atomic E-state index is 10.7. The van der Waals surface area contributed by atoms with E-state index in [0.717, 1.165) is 8.47 Å². The van der Waals surface area contributed by atoms with E-state index in [1.807, 2.05) is 0 Å². The highest BCUT2D eigenvalue weighted by molar-refractivity contribution is 8.33. The van der Waals surface area contributed by atoms with Crippen LogP contribution in [0.1, 0.15) is 0 Å². The van der Waals surface area contributed by atoms with Crippen LogP contribution in [0.5, 0.6) is 0 Å². The van der Waals surface area contributed by atoms with Crippen molar-refractivity contribution < 1.29 is 19.4 Å². The molecule has 0 amide bonds. The Morgan fingerprint density at radius 3 is 2.56 bits per heavy atom. The second-order valence-corrected chi connectivity index (χ2v) is 6.80. The van der Waals surface area contributed by atoms with Gasteiger partial charge in [0, 0.05) is 5.41 Å². The molecule has 0 bridgehead atoms. The lowest BCUT2D eigenvalue weighted by atomic mass is 10.7. The number of carbonyl (C=O) groups excluding carboxylic acids is 1. The zero-order chi connectivity index (χ0) is 11.5. The van der Waals surface area contributed by atoms with Crippen LogP contribution in [0.2, 0.25) is 0 Å². The average Bonchev–Trinajstić information content (AvgIpc) is 2.84. The van der Waals surface area contributed by atoms with Gasteiger partial charge in [-0.1, -0.05) is 35.3 Å². The summed E-state index contributed by atoms with van der Waals surface area (Å²) in [6.45, 7) is 0.378. The molecule has 0 fully saturated rings. The zero-order valence-corrected chi connectivity index (χ0v) is 10.8. The quantitative estimate of drug-likeness (QED) is 0.797. The minimum Gasteiger partial charge on any atom is -0.477 e. The monoisotopic (exact) mass is 292 g/mol. The number of aliphatic carboxylic acids is 1. The molecule has 2 aliphatic rings. The van der Waals surface area contributed by atoms with Crippen molar-refractivity contribution in [1.82, 2.24) is 0 Å². The number of carbonyl (C=O) groups is 2. The van der Waals surface area contributed by atoms with Crippen molar-refractivity contribution >= 4 is 59.5 Å². The van der Waals surface area contributed by atoms with Gasteiger partial charge in [-0.3, -0.25) is 4.79 Å². The first kappa shape index (κ1) is 12.0. The Labute approximate surface area is 108 Å². The lowest BCUT2D eigenvalue weighted by molar-refractivity contribution is -0.131. The molecule has 0 radical (unpaired) electrons. The summed E-state index contributed by atoms with van der Waals surface area (Å²) in [5.41, 5.74) is 0. The average molecular weight is 292 g/mol. The fraction of sp³-hybridized carbons (Fsp3) is 0. The summed E-state index contributed by atoms with van der Waals surface area (Å²) in [6, 6.07) is 0. The van der Waals surface area contributed by atoms with E-state index in [1.54, 1.807) is 10.8 Å². The summed E-state index contributed by atoms with van der Waals surface area (Å²) in [5.74, 6) is -0.918. The van der Waals surface area contributed by atoms with Crippen LogP contribution in [0.3, 0.4) is 0 Å². The number of hydrogen-bond donors (Lipinski definition) is 1. The third-order valence-electron chi connectivity index (χ3n) is 1.47. The van der Waals surface area contributed by atoms with Gasteiger partial charge in [-0.25, -0.2) is 4.79 Å². The van der Waals surface area contributed by atoms with E-state index in [1.165, 1.54) is 47.0 Å². The molecule has 0 saturated carbocycles. The van der Waals surface area contributed by atoms with E-state index in [9.17, 15) is 9.59 Å². The SMILES string of the molecule is O=COC1=CSC(=C2SC=C(C(=O)O)S2)S1. The predicted octanol–water partition coefficient (Wildman–Crippen LogP) is 2.97. The van der Waals surface area contributed by atoms with E-state index in [2.05, 4.69) is 0 Å². The van der Waals surface area contributed by atoms with Gasteiger partial charge in [0.1, 0.15) is 4.91 Å². The maximum Gasteiger partial charge on any atom is 0.343 e. The van der Waals surface area contributed by atoms with Crippen molar-refractivity contribution in [3.05, 3.63) is 29.3 Å². The normalized spacial score (nSPS) is 24.0. The smallest absolute Gasteiger partial charge is 0.343 e. The van der Waals surface area contributed by atoms with Gasteiger partial charge >= 0.3 is 5.97 Å². The number of carboxylic acid groups (broad SMARTS) is 1. The number of rotatable bonds is 3. The van der Waals surface area contributed by atoms with Gasteiger partial charge in [-0.05, 0) is 17.2 Å². The van der Waals surface area contributed by atoms with E-state index in [4.69, 9.17) is 9.84 Å². The summed E-state index contributed by atoms with van der Waals surface area (Å²) in [6.07, 6.45) is 0. The Bertz CT molecular complexity index is 437. The molecule has 4 nitrogen and oxygen atoms in total. The third kappa shape index (κ3) is 2.62. The Balaban J connectivity index is 2.02. The molecule has 0 atom stereocenters. The van der Waals surface area contributed by atoms with Crippen LogP contribution in [0, 0.1) is 0 Å². The minimum atomic E-state index is -0.918. The standard InChI is InChI=1S/C8H4O4S4/c9-3-12-5-2-14-8(16-5)7-13-1-4(15-7)6(10)11/h1-3H,(H,10,11). The third-order valence-corrected chi connectivity index (χ3v) is 6.59. The van der Waals surface area contributed by atoms with Crippen LogP contribution in [0.4, 0.5) is 0 Å². The fourth-order valence-electron chi connectivity index (χ4n) is 0.869. The number of thioether (sulfide) groups is 4. The minimum absolute atomic E-state index is 0.318. The number of hydrogen-bond acceptors (Lipinski definition) is 7. The van der Waals surface area contributed by atoms with Gasteiger partial charge in [-0.2, -0.15) is 0 Å². The lowest BCUT2D eigenvalue weighted by Crippen LogP contribution is -1.92. The van der Waals surface area contributed by atoms with Crippen molar-refractivity contribution in [1.29, 1.82) is 0 Å². The Morgan fingerprint density at radius 1 is 1.25 bits per heavy atom. The summed E-state index contributed by atoms with van der Waals surface area (Å²) in [7, 11) is 0. The molecule has 2 rings (SSSR count). The van der Waals surface area contributed by atoms with Crippen LogP contribution in [0.25, 0.3) is 0 Å². The molecule has 0 aliphatic carbocycles. The van der Waals surface area contributed by atoms with Crippen molar-refractivity contribution in [2.24, 2.45) is 0 Å². The lowest BCUT2D eigenvalue weighted by Gasteiger charge is -2.00. The van der Waals surface area contributed by atoms with Crippen molar-refractivity contribution in [2.45, 2.75) is 0 Å². The second-order valence-electron chi connectivity index (χ2n) is 2.45. The predicted molar refractivity (Wildman–Crippen MR) is 68.3 cm³/mol. The highest BCUT2D eigenvalue weighted by Gasteiger charge is 2.25. The molecule has 84 valence electrons. The highest BCUT2D eigenvalue weighted by atomic mass is 32.2. The summed E-state index contributed by atoms with van der Waals surface area (Å²) >= 11 is 5.36. The molecule has 0 unspecified atom stereocenters. The van der Waals surface area contributed by atoms with Gasteiger partial charge in [0.15, 0.2) is 5.09 Å². The van der Waals surface area contributed by atoms with Crippen molar-refractivity contribution in [2.75, 3.05) is 0 Å². The number of carboxylic acids is 1. The van der Waals surface area contributed by atoms with Crippen molar-refractivity contribution in [3.8, 4) is 0 Å². The van der Waals surface area contributed by atoms with E-state index in [-0.39, 0.29) is 0 Å². The molecule has 0 spiro atoms. The highest BCUT2D eigenvalue weighted by Crippen LogP contribution is 2.55. The topological polar surface area (TPSA) is 63.6 Å². The van der Waals surface area contributed by atoms with Crippen LogP contribution in [-0.4, -0.2) is 17.5 Å². The maximum absolute atomic E-state index is 10.7. The van der Waals surface area contributed by atoms with Gasteiger partial charge in [-0.15, -0.1) is 0 Å². The van der Waals surface area contributed by atoms with Gasteiger partial charge in [0.25, 0.3) is 6.47 Å². The van der Waals surface area contributed by atoms with E-state index < -0.39 is 5.97 Å². The molecule has 8 heteroatoms. The molecule has 2 aliphatic heterocycles. The van der Waals surface area contributed by atoms with Gasteiger partial charge in [0.05, 0.1) is 8.47 Å². The van der Waals surface area contributed by atoms with E-state index in [0.29, 0.717) is 16.5 Å². The molecule has 0 aromatic rings. The molecule has 0 saturated heterocycles. The molecule has 16 heavy (non-hydrogen) atoms. The largest absolute Gasteiger partial charge is 0.477 e. The van der Waals surface area contributed by atoms with E-state index >= 15 is 0 Å². The summed E-state index contributed by atoms with van der Waals surface area (Å²) in [4.78, 5) is 21.2. The molecule has 2 heterocycles. The fourth-order valence-corrected chi connectivity index (χ4v) is 5.30. The number of ether oxygens (including phenoxy) is 1. The van der Waals surface area contributed by atoms with Crippen LogP contribution < -0.4 is 0 Å². The first-order valence-electron chi connectivity index (χ1n) is 3.88. The summed E-state index contributed by atoms with van der Waals surface area (Å²) < 4.78 is 6.56. The van der Waals surface area contributed by atoms with Crippen molar-refractivity contribution in [3.63, 3.8) is 0 Å². The molecule has 0 aromatic heterocycles. The Morgan fingerprint density at radius 2 is 1.94 bits per heavy atom. The first-order chi connectivity index (χ1) is 7.70. The van der Waals surface area contributed by atoms with Gasteiger partial charge < -0.3 is 9.84 Å². The Hall–Kier alpha value is -0.440. The second kappa shape index (κ2) is 5.26. The molecule has 0 aromatic carbocycles. The van der Waals surface area contributed by atoms with Crippen LogP contribution >= 0.6 is 47.0 Å². The molecule has 1 N–H and O–H groups in total.